The number of rotatable bonds is 3. The van der Waals surface area contributed by atoms with Gasteiger partial charge in [0.1, 0.15) is 5.69 Å². The minimum absolute atomic E-state index is 0.0818. The number of nitrogens with zero attached hydrogens (tertiary/aromatic N) is 4. The predicted octanol–water partition coefficient (Wildman–Crippen LogP) is 1.74. The SMILES string of the molecule is Cc1ccc(=O)n(CC2CN(C(=O)c3ccc(C(F)(F)F)nc3)C2)n1. The van der Waals surface area contributed by atoms with Gasteiger partial charge in [0, 0.05) is 31.3 Å². The average molecular weight is 352 g/mol. The maximum absolute atomic E-state index is 12.5. The number of aryl methyl sites for hydroxylation is 1. The molecule has 0 spiro atoms. The van der Waals surface area contributed by atoms with Crippen LogP contribution < -0.4 is 5.56 Å². The van der Waals surface area contributed by atoms with Gasteiger partial charge < -0.3 is 4.90 Å². The maximum Gasteiger partial charge on any atom is 0.433 e. The fourth-order valence-electron chi connectivity index (χ4n) is 2.65. The average Bonchev–Trinajstić information content (AvgIpc) is 2.52. The van der Waals surface area contributed by atoms with Crippen molar-refractivity contribution in [2.75, 3.05) is 13.1 Å². The van der Waals surface area contributed by atoms with E-state index in [1.165, 1.54) is 15.6 Å². The smallest absolute Gasteiger partial charge is 0.338 e. The molecule has 0 bridgehead atoms. The molecular formula is C16H15F3N4O2. The number of carbonyl (C=O) groups is 1. The van der Waals surface area contributed by atoms with Crippen molar-refractivity contribution in [3.05, 3.63) is 57.8 Å². The van der Waals surface area contributed by atoms with Crippen LogP contribution in [0.3, 0.4) is 0 Å². The molecule has 0 radical (unpaired) electrons. The van der Waals surface area contributed by atoms with Gasteiger partial charge in [-0.15, -0.1) is 0 Å². The van der Waals surface area contributed by atoms with Crippen LogP contribution in [0.25, 0.3) is 0 Å². The second-order valence-corrected chi connectivity index (χ2v) is 6.00. The summed E-state index contributed by atoms with van der Waals surface area (Å²) in [5.41, 5.74) is -0.405. The molecule has 1 amide bonds. The second kappa shape index (κ2) is 6.30. The molecule has 1 saturated heterocycles. The summed E-state index contributed by atoms with van der Waals surface area (Å²) in [5.74, 6) is -0.291. The Balaban J connectivity index is 1.60. The first-order chi connectivity index (χ1) is 11.7. The highest BCUT2D eigenvalue weighted by Crippen LogP contribution is 2.27. The van der Waals surface area contributed by atoms with Crippen molar-refractivity contribution in [2.24, 2.45) is 5.92 Å². The zero-order chi connectivity index (χ0) is 18.2. The molecule has 0 atom stereocenters. The quantitative estimate of drug-likeness (QED) is 0.844. The Morgan fingerprint density at radius 3 is 2.56 bits per heavy atom. The summed E-state index contributed by atoms with van der Waals surface area (Å²) in [6.45, 7) is 3.02. The van der Waals surface area contributed by atoms with E-state index < -0.39 is 11.9 Å². The van der Waals surface area contributed by atoms with Gasteiger partial charge >= 0.3 is 6.18 Å². The van der Waals surface area contributed by atoms with Crippen molar-refractivity contribution in [1.29, 1.82) is 0 Å². The molecule has 1 fully saturated rings. The van der Waals surface area contributed by atoms with Crippen LogP contribution in [0.5, 0.6) is 0 Å². The van der Waals surface area contributed by atoms with Crippen LogP contribution in [-0.2, 0) is 12.7 Å². The number of pyridine rings is 1. The van der Waals surface area contributed by atoms with Crippen LogP contribution in [0, 0.1) is 12.8 Å². The number of amides is 1. The summed E-state index contributed by atoms with van der Waals surface area (Å²) >= 11 is 0. The number of aromatic nitrogens is 3. The van der Waals surface area contributed by atoms with Crippen molar-refractivity contribution < 1.29 is 18.0 Å². The molecule has 0 aromatic carbocycles. The highest BCUT2D eigenvalue weighted by atomic mass is 19.4. The lowest BCUT2D eigenvalue weighted by Crippen LogP contribution is -2.52. The molecule has 1 aliphatic heterocycles. The van der Waals surface area contributed by atoms with Crippen LogP contribution in [-0.4, -0.2) is 38.7 Å². The number of likely N-dealkylation sites (tertiary alicyclic amines) is 1. The Labute approximate surface area is 140 Å². The summed E-state index contributed by atoms with van der Waals surface area (Å²) in [6.07, 6.45) is -3.59. The van der Waals surface area contributed by atoms with E-state index in [4.69, 9.17) is 0 Å². The fraction of sp³-hybridized carbons (Fsp3) is 0.375. The Morgan fingerprint density at radius 1 is 1.24 bits per heavy atom. The zero-order valence-corrected chi connectivity index (χ0v) is 13.3. The highest BCUT2D eigenvalue weighted by molar-refractivity contribution is 5.94. The third-order valence-corrected chi connectivity index (χ3v) is 3.98. The molecule has 9 heteroatoms. The summed E-state index contributed by atoms with van der Waals surface area (Å²) in [4.78, 5) is 28.7. The summed E-state index contributed by atoms with van der Waals surface area (Å²) in [7, 11) is 0. The molecule has 2 aromatic rings. The van der Waals surface area contributed by atoms with Gasteiger partial charge in [-0.05, 0) is 25.1 Å². The molecule has 132 valence electrons. The van der Waals surface area contributed by atoms with Crippen molar-refractivity contribution >= 4 is 5.91 Å². The minimum atomic E-state index is -4.53. The topological polar surface area (TPSA) is 68.1 Å². The van der Waals surface area contributed by atoms with Crippen molar-refractivity contribution in [3.8, 4) is 0 Å². The third kappa shape index (κ3) is 3.70. The second-order valence-electron chi connectivity index (χ2n) is 6.00. The predicted molar refractivity (Wildman–Crippen MR) is 81.9 cm³/mol. The van der Waals surface area contributed by atoms with Gasteiger partial charge in [-0.3, -0.25) is 14.6 Å². The van der Waals surface area contributed by atoms with Gasteiger partial charge in [-0.2, -0.15) is 18.3 Å². The summed E-state index contributed by atoms with van der Waals surface area (Å²) < 4.78 is 38.8. The van der Waals surface area contributed by atoms with Crippen LogP contribution in [0.2, 0.25) is 0 Å². The van der Waals surface area contributed by atoms with E-state index in [9.17, 15) is 22.8 Å². The number of alkyl halides is 3. The lowest BCUT2D eigenvalue weighted by molar-refractivity contribution is -0.141. The third-order valence-electron chi connectivity index (χ3n) is 3.98. The molecule has 25 heavy (non-hydrogen) atoms. The van der Waals surface area contributed by atoms with E-state index in [0.717, 1.165) is 24.0 Å². The van der Waals surface area contributed by atoms with E-state index >= 15 is 0 Å². The van der Waals surface area contributed by atoms with Crippen LogP contribution >= 0.6 is 0 Å². The zero-order valence-electron chi connectivity index (χ0n) is 13.3. The van der Waals surface area contributed by atoms with E-state index in [1.54, 1.807) is 13.0 Å². The largest absolute Gasteiger partial charge is 0.433 e. The maximum atomic E-state index is 12.5. The molecule has 0 unspecified atom stereocenters. The van der Waals surface area contributed by atoms with E-state index in [2.05, 4.69) is 10.1 Å². The van der Waals surface area contributed by atoms with Crippen molar-refractivity contribution in [1.82, 2.24) is 19.7 Å². The normalized spacial score (nSPS) is 15.1. The molecule has 1 aliphatic rings. The van der Waals surface area contributed by atoms with Gasteiger partial charge in [0.15, 0.2) is 0 Å². The molecule has 0 saturated carbocycles. The number of carbonyl (C=O) groups excluding carboxylic acids is 1. The first-order valence-electron chi connectivity index (χ1n) is 7.61. The lowest BCUT2D eigenvalue weighted by atomic mass is 9.99. The first kappa shape index (κ1) is 17.1. The van der Waals surface area contributed by atoms with Gasteiger partial charge in [-0.1, -0.05) is 0 Å². The summed E-state index contributed by atoms with van der Waals surface area (Å²) in [6, 6.07) is 4.99. The van der Waals surface area contributed by atoms with Crippen LogP contribution in [0.1, 0.15) is 21.7 Å². The summed E-state index contributed by atoms with van der Waals surface area (Å²) in [5, 5.41) is 4.14. The molecule has 0 aliphatic carbocycles. The van der Waals surface area contributed by atoms with Crippen LogP contribution in [0.4, 0.5) is 13.2 Å². The molecule has 2 aromatic heterocycles. The fourth-order valence-corrected chi connectivity index (χ4v) is 2.65. The lowest BCUT2D eigenvalue weighted by Gasteiger charge is -2.39. The van der Waals surface area contributed by atoms with E-state index in [1.807, 2.05) is 0 Å². The minimum Gasteiger partial charge on any atom is -0.338 e. The van der Waals surface area contributed by atoms with Crippen LogP contribution in [0.15, 0.2) is 35.3 Å². The first-order valence-corrected chi connectivity index (χ1v) is 7.61. The van der Waals surface area contributed by atoms with Gasteiger partial charge in [-0.25, -0.2) is 4.68 Å². The number of hydrogen-bond donors (Lipinski definition) is 0. The van der Waals surface area contributed by atoms with E-state index in [-0.39, 0.29) is 22.9 Å². The van der Waals surface area contributed by atoms with Crippen molar-refractivity contribution in [2.45, 2.75) is 19.6 Å². The van der Waals surface area contributed by atoms with Crippen molar-refractivity contribution in [3.63, 3.8) is 0 Å². The number of hydrogen-bond acceptors (Lipinski definition) is 4. The molecule has 3 rings (SSSR count). The Morgan fingerprint density at radius 2 is 1.96 bits per heavy atom. The van der Waals surface area contributed by atoms with Gasteiger partial charge in [0.25, 0.3) is 11.5 Å². The van der Waals surface area contributed by atoms with Gasteiger partial charge in [0.05, 0.1) is 17.8 Å². The molecular weight excluding hydrogens is 337 g/mol. The standard InChI is InChI=1S/C16H15F3N4O2/c1-10-2-5-14(24)23(21-10)9-11-7-22(8-11)15(25)12-3-4-13(20-6-12)16(17,18)19/h2-6,11H,7-9H2,1H3. The monoisotopic (exact) mass is 352 g/mol. The number of halogens is 3. The Kier molecular flexibility index (Phi) is 4.32. The highest BCUT2D eigenvalue weighted by Gasteiger charge is 2.34. The van der Waals surface area contributed by atoms with E-state index in [0.29, 0.717) is 19.6 Å². The van der Waals surface area contributed by atoms with Gasteiger partial charge in [0.2, 0.25) is 0 Å². The molecule has 3 heterocycles. The Bertz CT molecular complexity index is 840. The Hall–Kier alpha value is -2.71. The molecule has 0 N–H and O–H groups in total. The molecule has 6 nitrogen and oxygen atoms in total.